The third kappa shape index (κ3) is 3.97. The first-order chi connectivity index (χ1) is 13.6. The van der Waals surface area contributed by atoms with Crippen molar-refractivity contribution in [3.8, 4) is 0 Å². The van der Waals surface area contributed by atoms with E-state index in [1.165, 1.54) is 11.3 Å². The molecule has 4 rings (SSSR count). The fourth-order valence-electron chi connectivity index (χ4n) is 3.62. The van der Waals surface area contributed by atoms with E-state index in [-0.39, 0.29) is 11.6 Å². The first kappa shape index (κ1) is 18.4. The second-order valence-electron chi connectivity index (χ2n) is 7.03. The predicted molar refractivity (Wildman–Crippen MR) is 103 cm³/mol. The van der Waals surface area contributed by atoms with E-state index >= 15 is 0 Å². The molecular weight excluding hydrogens is 360 g/mol. The Morgan fingerprint density at radius 3 is 2.71 bits per heavy atom. The van der Waals surface area contributed by atoms with Gasteiger partial charge in [-0.1, -0.05) is 30.3 Å². The fourth-order valence-corrected chi connectivity index (χ4v) is 3.62. The summed E-state index contributed by atoms with van der Waals surface area (Å²) >= 11 is 0. The van der Waals surface area contributed by atoms with Crippen molar-refractivity contribution in [1.82, 2.24) is 14.8 Å². The van der Waals surface area contributed by atoms with Gasteiger partial charge in [-0.25, -0.2) is 8.78 Å². The molecule has 28 heavy (non-hydrogen) atoms. The van der Waals surface area contributed by atoms with Crippen molar-refractivity contribution in [1.29, 1.82) is 0 Å². The van der Waals surface area contributed by atoms with Crippen molar-refractivity contribution in [2.45, 2.75) is 25.7 Å². The highest BCUT2D eigenvalue weighted by molar-refractivity contribution is 5.94. The predicted octanol–water partition coefficient (Wildman–Crippen LogP) is 3.58. The minimum absolute atomic E-state index is 0.0423. The van der Waals surface area contributed by atoms with Gasteiger partial charge in [0.15, 0.2) is 0 Å². The van der Waals surface area contributed by atoms with Gasteiger partial charge in [0, 0.05) is 44.1 Å². The smallest absolute Gasteiger partial charge is 0.254 e. The van der Waals surface area contributed by atoms with Crippen LogP contribution in [0.4, 0.5) is 8.78 Å². The molecule has 144 valence electrons. The number of aromatic nitrogens is 1. The average Bonchev–Trinajstić information content (AvgIpc) is 3.16. The van der Waals surface area contributed by atoms with Gasteiger partial charge in [0.05, 0.1) is 5.56 Å². The number of hydrogen-bond donors (Lipinski definition) is 1. The van der Waals surface area contributed by atoms with Crippen molar-refractivity contribution in [2.24, 2.45) is 0 Å². The lowest BCUT2D eigenvalue weighted by Crippen LogP contribution is -2.48. The topological polar surface area (TPSA) is 37.3 Å². The molecule has 1 unspecified atom stereocenters. The minimum Gasteiger partial charge on any atom is -0.350 e. The molecule has 3 aromatic rings. The molecule has 0 spiro atoms. The molecule has 1 N–H and O–H groups in total. The number of carbonyl (C=O) groups excluding carboxylic acids is 1. The van der Waals surface area contributed by atoms with Crippen LogP contribution in [-0.4, -0.2) is 28.0 Å². The minimum atomic E-state index is -0.726. The van der Waals surface area contributed by atoms with Crippen molar-refractivity contribution in [2.75, 3.05) is 6.54 Å². The van der Waals surface area contributed by atoms with Crippen LogP contribution in [0, 0.1) is 11.6 Å². The highest BCUT2D eigenvalue weighted by atomic mass is 19.1. The maximum Gasteiger partial charge on any atom is 0.254 e. The van der Waals surface area contributed by atoms with Crippen LogP contribution in [0.5, 0.6) is 0 Å². The zero-order chi connectivity index (χ0) is 19.5. The van der Waals surface area contributed by atoms with Gasteiger partial charge in [0.2, 0.25) is 0 Å². The fraction of sp³-hybridized carbons (Fsp3) is 0.227. The number of halogens is 2. The first-order valence-electron chi connectivity index (χ1n) is 9.25. The van der Waals surface area contributed by atoms with Crippen LogP contribution in [-0.2, 0) is 19.6 Å². The highest BCUT2D eigenvalue weighted by Crippen LogP contribution is 2.21. The van der Waals surface area contributed by atoms with E-state index in [2.05, 4.69) is 33.0 Å². The van der Waals surface area contributed by atoms with Crippen LogP contribution >= 0.6 is 0 Å². The summed E-state index contributed by atoms with van der Waals surface area (Å²) < 4.78 is 29.4. The maximum absolute atomic E-state index is 13.9. The number of nitrogens with zero attached hydrogens (tertiary/aromatic N) is 2. The molecule has 2 aromatic carbocycles. The van der Waals surface area contributed by atoms with Crippen LogP contribution in [0.2, 0.25) is 0 Å². The summed E-state index contributed by atoms with van der Waals surface area (Å²) in [5.74, 6) is -1.96. The third-order valence-electron chi connectivity index (χ3n) is 5.11. The molecule has 0 saturated heterocycles. The monoisotopic (exact) mass is 381 g/mol. The molecule has 4 nitrogen and oxygen atoms in total. The van der Waals surface area contributed by atoms with Crippen molar-refractivity contribution in [3.63, 3.8) is 0 Å². The van der Waals surface area contributed by atoms with Crippen LogP contribution < -0.4 is 5.32 Å². The molecule has 1 aliphatic heterocycles. The van der Waals surface area contributed by atoms with E-state index in [9.17, 15) is 13.6 Å². The first-order valence-corrected chi connectivity index (χ1v) is 9.25. The Labute approximate surface area is 162 Å². The molecule has 1 aliphatic rings. The summed E-state index contributed by atoms with van der Waals surface area (Å²) in [4.78, 5) is 14.7. The van der Waals surface area contributed by atoms with Gasteiger partial charge in [-0.15, -0.1) is 0 Å². The van der Waals surface area contributed by atoms with Gasteiger partial charge in [0.1, 0.15) is 11.6 Å². The lowest BCUT2D eigenvalue weighted by Gasteiger charge is -2.37. The van der Waals surface area contributed by atoms with E-state index in [4.69, 9.17) is 0 Å². The van der Waals surface area contributed by atoms with Crippen LogP contribution in [0.1, 0.15) is 21.6 Å². The molecule has 0 aliphatic carbocycles. The third-order valence-corrected chi connectivity index (χ3v) is 5.11. The van der Waals surface area contributed by atoms with E-state index < -0.39 is 17.5 Å². The average molecular weight is 381 g/mol. The summed E-state index contributed by atoms with van der Waals surface area (Å²) in [6.07, 6.45) is 2.02. The van der Waals surface area contributed by atoms with E-state index in [1.54, 1.807) is 0 Å². The standard InChI is InChI=1S/C22H21F2N3O/c23-17-8-9-21(24)20(11-17)22(28)25-12-19-15-26-10-4-7-18(26)14-27(19)13-16-5-2-1-3-6-16/h1-11,19H,12-15H2,(H,25,28). The lowest BCUT2D eigenvalue weighted by molar-refractivity contribution is 0.0894. The lowest BCUT2D eigenvalue weighted by atomic mass is 10.1. The number of fused-ring (bicyclic) bond motifs is 1. The summed E-state index contributed by atoms with van der Waals surface area (Å²) in [7, 11) is 0. The largest absolute Gasteiger partial charge is 0.350 e. The molecule has 1 amide bonds. The summed E-state index contributed by atoms with van der Waals surface area (Å²) in [6.45, 7) is 2.58. The Kier molecular flexibility index (Phi) is 5.21. The molecule has 6 heteroatoms. The SMILES string of the molecule is O=C(NCC1Cn2cccc2CN1Cc1ccccc1)c1cc(F)ccc1F. The van der Waals surface area contributed by atoms with Gasteiger partial charge in [-0.2, -0.15) is 0 Å². The number of benzene rings is 2. The Balaban J connectivity index is 1.49. The summed E-state index contributed by atoms with van der Waals surface area (Å²) in [6, 6.07) is 17.2. The Morgan fingerprint density at radius 1 is 1.07 bits per heavy atom. The molecule has 0 fully saturated rings. The number of carbonyl (C=O) groups is 1. The quantitative estimate of drug-likeness (QED) is 0.734. The van der Waals surface area contributed by atoms with Crippen LogP contribution in [0.25, 0.3) is 0 Å². The zero-order valence-corrected chi connectivity index (χ0v) is 15.3. The second-order valence-corrected chi connectivity index (χ2v) is 7.03. The maximum atomic E-state index is 13.9. The van der Waals surface area contributed by atoms with Crippen molar-refractivity contribution in [3.05, 3.63) is 95.3 Å². The molecule has 1 atom stereocenters. The van der Waals surface area contributed by atoms with Crippen molar-refractivity contribution < 1.29 is 13.6 Å². The summed E-state index contributed by atoms with van der Waals surface area (Å²) in [5.41, 5.74) is 2.14. The van der Waals surface area contributed by atoms with E-state index in [1.807, 2.05) is 30.5 Å². The van der Waals surface area contributed by atoms with Gasteiger partial charge in [0.25, 0.3) is 5.91 Å². The van der Waals surface area contributed by atoms with Gasteiger partial charge >= 0.3 is 0 Å². The van der Waals surface area contributed by atoms with E-state index in [0.717, 1.165) is 37.8 Å². The molecule has 1 aromatic heterocycles. The van der Waals surface area contributed by atoms with Crippen molar-refractivity contribution >= 4 is 5.91 Å². The molecule has 0 bridgehead atoms. The Hall–Kier alpha value is -2.99. The zero-order valence-electron chi connectivity index (χ0n) is 15.3. The Morgan fingerprint density at radius 2 is 1.89 bits per heavy atom. The normalized spacial score (nSPS) is 16.6. The molecule has 2 heterocycles. The molecular formula is C22H21F2N3O. The number of nitrogens with one attached hydrogen (secondary N) is 1. The number of rotatable bonds is 5. The van der Waals surface area contributed by atoms with Crippen LogP contribution in [0.3, 0.4) is 0 Å². The van der Waals surface area contributed by atoms with Gasteiger partial charge in [-0.3, -0.25) is 9.69 Å². The molecule has 0 radical (unpaired) electrons. The summed E-state index contributed by atoms with van der Waals surface area (Å²) in [5, 5.41) is 2.77. The van der Waals surface area contributed by atoms with Gasteiger partial charge in [-0.05, 0) is 35.9 Å². The highest BCUT2D eigenvalue weighted by Gasteiger charge is 2.26. The number of amides is 1. The van der Waals surface area contributed by atoms with Crippen LogP contribution in [0.15, 0.2) is 66.9 Å². The van der Waals surface area contributed by atoms with E-state index in [0.29, 0.717) is 6.54 Å². The second kappa shape index (κ2) is 7.94. The Bertz CT molecular complexity index is 971. The number of hydrogen-bond acceptors (Lipinski definition) is 2. The molecule has 0 saturated carbocycles. The van der Waals surface area contributed by atoms with Gasteiger partial charge < -0.3 is 9.88 Å².